The van der Waals surface area contributed by atoms with Gasteiger partial charge < -0.3 is 10.2 Å². The van der Waals surface area contributed by atoms with Crippen molar-refractivity contribution in [3.8, 4) is 0 Å². The van der Waals surface area contributed by atoms with Gasteiger partial charge >= 0.3 is 0 Å². The van der Waals surface area contributed by atoms with Gasteiger partial charge in [0, 0.05) is 25.6 Å². The molecule has 2 aromatic rings. The monoisotopic (exact) mass is 251 g/mol. The van der Waals surface area contributed by atoms with Gasteiger partial charge in [-0.15, -0.1) is 11.3 Å². The number of halogens is 1. The first-order chi connectivity index (χ1) is 7.75. The molecule has 0 aromatic carbocycles. The highest BCUT2D eigenvalue weighted by molar-refractivity contribution is 7.19. The lowest BCUT2D eigenvalue weighted by Crippen LogP contribution is -2.22. The molecule has 0 amide bonds. The number of hydrogen-bond donors (Lipinski definition) is 1. The summed E-state index contributed by atoms with van der Waals surface area (Å²) >= 11 is 7.82. The molecule has 0 saturated heterocycles. The molecular weight excluding hydrogens is 242 g/mol. The molecule has 0 fully saturated rings. The lowest BCUT2D eigenvalue weighted by molar-refractivity contribution is 0.345. The summed E-state index contributed by atoms with van der Waals surface area (Å²) in [6, 6.07) is 3.92. The van der Waals surface area contributed by atoms with Crippen molar-refractivity contribution >= 4 is 33.2 Å². The Labute approximate surface area is 102 Å². The number of aromatic nitrogens is 1. The second-order valence-electron chi connectivity index (χ2n) is 3.71. The molecule has 16 heavy (non-hydrogen) atoms. The summed E-state index contributed by atoms with van der Waals surface area (Å²) in [4.78, 5) is 7.67. The first-order valence-corrected chi connectivity index (χ1v) is 6.14. The van der Waals surface area contributed by atoms with Crippen molar-refractivity contribution in [3.05, 3.63) is 40.6 Å². The molecule has 1 N–H and O–H groups in total. The number of nitrogens with zero attached hydrogens (tertiary/aromatic N) is 2. The molecule has 82 valence electrons. The zero-order valence-electron chi connectivity index (χ0n) is 8.64. The third-order valence-corrected chi connectivity index (χ3v) is 4.26. The molecule has 0 spiro atoms. The van der Waals surface area contributed by atoms with Crippen LogP contribution in [-0.4, -0.2) is 16.9 Å². The molecule has 5 heteroatoms. The summed E-state index contributed by atoms with van der Waals surface area (Å²) in [6.45, 7) is 0. The van der Waals surface area contributed by atoms with E-state index in [0.29, 0.717) is 0 Å². The van der Waals surface area contributed by atoms with Crippen LogP contribution in [0.25, 0.3) is 10.2 Å². The number of fused-ring (bicyclic) bond motifs is 1. The topological polar surface area (TPSA) is 28.2 Å². The van der Waals surface area contributed by atoms with Gasteiger partial charge in [-0.25, -0.2) is 0 Å². The van der Waals surface area contributed by atoms with Gasteiger partial charge in [0.25, 0.3) is 0 Å². The van der Waals surface area contributed by atoms with Crippen LogP contribution in [0.2, 0.25) is 5.02 Å². The summed E-state index contributed by atoms with van der Waals surface area (Å²) in [6.07, 6.45) is 5.91. The Morgan fingerprint density at radius 3 is 3.12 bits per heavy atom. The summed E-state index contributed by atoms with van der Waals surface area (Å²) in [5.41, 5.74) is 0.967. The molecule has 0 radical (unpaired) electrons. The van der Waals surface area contributed by atoms with E-state index < -0.39 is 0 Å². The summed E-state index contributed by atoms with van der Waals surface area (Å²) in [7, 11) is 2.04. The smallest absolute Gasteiger partial charge is 0.134 e. The van der Waals surface area contributed by atoms with E-state index in [-0.39, 0.29) is 6.17 Å². The van der Waals surface area contributed by atoms with E-state index in [1.54, 1.807) is 17.5 Å². The van der Waals surface area contributed by atoms with Gasteiger partial charge in [0.2, 0.25) is 0 Å². The second-order valence-corrected chi connectivity index (χ2v) is 5.20. The standard InChI is InChI=1S/C11H10ClN3S/c1-15-5-4-14-11(15)9-6-8-10(16-9)7(12)2-3-13-8/h2-6,11,14H,1H3. The van der Waals surface area contributed by atoms with Gasteiger partial charge in [-0.2, -0.15) is 0 Å². The Morgan fingerprint density at radius 2 is 2.44 bits per heavy atom. The van der Waals surface area contributed by atoms with Gasteiger partial charge in [0.15, 0.2) is 0 Å². The van der Waals surface area contributed by atoms with Crippen LogP contribution in [0.3, 0.4) is 0 Å². The zero-order valence-corrected chi connectivity index (χ0v) is 10.2. The van der Waals surface area contributed by atoms with E-state index in [0.717, 1.165) is 15.2 Å². The van der Waals surface area contributed by atoms with E-state index in [4.69, 9.17) is 11.6 Å². The average molecular weight is 252 g/mol. The van der Waals surface area contributed by atoms with Crippen LogP contribution in [0, 0.1) is 0 Å². The summed E-state index contributed by atoms with van der Waals surface area (Å²) in [5.74, 6) is 0. The third kappa shape index (κ3) is 1.45. The van der Waals surface area contributed by atoms with E-state index >= 15 is 0 Å². The van der Waals surface area contributed by atoms with E-state index in [1.807, 2.05) is 25.5 Å². The molecule has 3 heterocycles. The van der Waals surface area contributed by atoms with Gasteiger partial charge in [0.1, 0.15) is 6.17 Å². The van der Waals surface area contributed by atoms with E-state index in [1.165, 1.54) is 4.88 Å². The maximum Gasteiger partial charge on any atom is 0.134 e. The SMILES string of the molecule is CN1C=CNC1c1cc2nccc(Cl)c2s1. The molecule has 0 aliphatic carbocycles. The molecule has 1 aliphatic heterocycles. The Morgan fingerprint density at radius 1 is 1.56 bits per heavy atom. The van der Waals surface area contributed by atoms with Gasteiger partial charge in [0.05, 0.1) is 20.1 Å². The molecule has 3 rings (SSSR count). The second kappa shape index (κ2) is 3.64. The lowest BCUT2D eigenvalue weighted by atomic mass is 10.3. The molecule has 1 aliphatic rings. The van der Waals surface area contributed by atoms with Crippen molar-refractivity contribution in [2.24, 2.45) is 0 Å². The maximum absolute atomic E-state index is 6.13. The van der Waals surface area contributed by atoms with Crippen molar-refractivity contribution in [1.29, 1.82) is 0 Å². The molecule has 0 saturated carbocycles. The molecule has 0 bridgehead atoms. The van der Waals surface area contributed by atoms with Crippen LogP contribution in [-0.2, 0) is 0 Å². The fraction of sp³-hybridized carbons (Fsp3) is 0.182. The number of thiophene rings is 1. The first kappa shape index (κ1) is 9.93. The Hall–Kier alpha value is -1.26. The van der Waals surface area contributed by atoms with E-state index in [9.17, 15) is 0 Å². The maximum atomic E-state index is 6.13. The van der Waals surface area contributed by atoms with Gasteiger partial charge in [-0.1, -0.05) is 11.6 Å². The van der Waals surface area contributed by atoms with Gasteiger partial charge in [-0.05, 0) is 12.1 Å². The van der Waals surface area contributed by atoms with Crippen molar-refractivity contribution in [2.45, 2.75) is 6.17 Å². The largest absolute Gasteiger partial charge is 0.366 e. The highest BCUT2D eigenvalue weighted by atomic mass is 35.5. The molecular formula is C11H10ClN3S. The predicted octanol–water partition coefficient (Wildman–Crippen LogP) is 2.95. The minimum atomic E-state index is 0.204. The van der Waals surface area contributed by atoms with Crippen molar-refractivity contribution in [3.63, 3.8) is 0 Å². The quantitative estimate of drug-likeness (QED) is 0.845. The summed E-state index contributed by atoms with van der Waals surface area (Å²) in [5, 5.41) is 4.06. The van der Waals surface area contributed by atoms with E-state index in [2.05, 4.69) is 21.3 Å². The number of pyridine rings is 1. The first-order valence-electron chi connectivity index (χ1n) is 4.94. The van der Waals surface area contributed by atoms with Gasteiger partial charge in [-0.3, -0.25) is 4.98 Å². The van der Waals surface area contributed by atoms with Crippen LogP contribution in [0.4, 0.5) is 0 Å². The number of rotatable bonds is 1. The van der Waals surface area contributed by atoms with Crippen molar-refractivity contribution in [1.82, 2.24) is 15.2 Å². The number of nitrogens with one attached hydrogen (secondary N) is 1. The predicted molar refractivity (Wildman–Crippen MR) is 67.4 cm³/mol. The van der Waals surface area contributed by atoms with Crippen LogP contribution in [0.5, 0.6) is 0 Å². The average Bonchev–Trinajstić information content (AvgIpc) is 2.84. The Balaban J connectivity index is 2.09. The Kier molecular flexibility index (Phi) is 2.26. The fourth-order valence-corrected chi connectivity index (χ4v) is 3.20. The van der Waals surface area contributed by atoms with Crippen LogP contribution < -0.4 is 5.32 Å². The normalized spacial score (nSPS) is 19.4. The fourth-order valence-electron chi connectivity index (χ4n) is 1.80. The molecule has 2 aromatic heterocycles. The highest BCUT2D eigenvalue weighted by Gasteiger charge is 2.20. The molecule has 1 atom stereocenters. The van der Waals surface area contributed by atoms with Crippen LogP contribution in [0.1, 0.15) is 11.0 Å². The highest BCUT2D eigenvalue weighted by Crippen LogP contribution is 2.35. The van der Waals surface area contributed by atoms with Crippen molar-refractivity contribution < 1.29 is 0 Å². The third-order valence-electron chi connectivity index (χ3n) is 2.62. The lowest BCUT2D eigenvalue weighted by Gasteiger charge is -2.19. The minimum absolute atomic E-state index is 0.204. The number of hydrogen-bond acceptors (Lipinski definition) is 4. The summed E-state index contributed by atoms with van der Waals surface area (Å²) < 4.78 is 1.06. The molecule has 3 nitrogen and oxygen atoms in total. The van der Waals surface area contributed by atoms with Crippen molar-refractivity contribution in [2.75, 3.05) is 7.05 Å². The molecule has 1 unspecified atom stereocenters. The van der Waals surface area contributed by atoms with Crippen LogP contribution >= 0.6 is 22.9 Å². The van der Waals surface area contributed by atoms with Crippen LogP contribution in [0.15, 0.2) is 30.7 Å². The zero-order chi connectivity index (χ0) is 11.1. The Bertz CT molecular complexity index is 563. The minimum Gasteiger partial charge on any atom is -0.366 e.